The number of rotatable bonds is 7. The molecule has 3 aromatic rings. The summed E-state index contributed by atoms with van der Waals surface area (Å²) in [5.74, 6) is -2.20. The quantitative estimate of drug-likeness (QED) is 0.507. The van der Waals surface area contributed by atoms with Gasteiger partial charge in [-0.05, 0) is 30.7 Å². The molecule has 182 valence electrons. The van der Waals surface area contributed by atoms with Gasteiger partial charge >= 0.3 is 5.69 Å². The van der Waals surface area contributed by atoms with Crippen molar-refractivity contribution in [1.82, 2.24) is 18.3 Å². The zero-order valence-electron chi connectivity index (χ0n) is 18.8. The summed E-state index contributed by atoms with van der Waals surface area (Å²) in [4.78, 5) is 26.6. The highest BCUT2D eigenvalue weighted by Gasteiger charge is 2.32. The number of carbonyl (C=O) groups is 1. The van der Waals surface area contributed by atoms with E-state index in [1.54, 1.807) is 14.0 Å². The normalized spacial score (nSPS) is 15.2. The van der Waals surface area contributed by atoms with Crippen molar-refractivity contribution in [3.8, 4) is 0 Å². The standard InChI is InChI=1S/C23H26F2N4O4S/c1-2-10-28-19-5-3-4-6-20(19)29(23(28)31)11-9-22(30)26-12-14-27(15-13-26)34(32,33)21-8-7-17(24)16-18(21)25/h3-8,16H,2,9-15H2,1H3. The van der Waals surface area contributed by atoms with Gasteiger partial charge in [-0.15, -0.1) is 0 Å². The second kappa shape index (κ2) is 9.67. The Morgan fingerprint density at radius 1 is 0.941 bits per heavy atom. The van der Waals surface area contributed by atoms with Crippen LogP contribution in [0.4, 0.5) is 8.78 Å². The minimum Gasteiger partial charge on any atom is -0.340 e. The smallest absolute Gasteiger partial charge is 0.329 e. The summed E-state index contributed by atoms with van der Waals surface area (Å²) in [7, 11) is -4.14. The largest absolute Gasteiger partial charge is 0.340 e. The molecule has 0 unspecified atom stereocenters. The van der Waals surface area contributed by atoms with Gasteiger partial charge in [-0.25, -0.2) is 22.0 Å². The summed E-state index contributed by atoms with van der Waals surface area (Å²) in [6, 6.07) is 9.79. The number of hydrogen-bond donors (Lipinski definition) is 0. The summed E-state index contributed by atoms with van der Waals surface area (Å²) in [5, 5.41) is 0. The van der Waals surface area contributed by atoms with E-state index in [9.17, 15) is 26.8 Å². The fraction of sp³-hybridized carbons (Fsp3) is 0.391. The van der Waals surface area contributed by atoms with E-state index < -0.39 is 26.6 Å². The van der Waals surface area contributed by atoms with Gasteiger partial charge in [0.25, 0.3) is 0 Å². The molecule has 0 atom stereocenters. The molecule has 0 bridgehead atoms. The maximum absolute atomic E-state index is 14.0. The molecule has 8 nitrogen and oxygen atoms in total. The monoisotopic (exact) mass is 492 g/mol. The van der Waals surface area contributed by atoms with E-state index in [0.717, 1.165) is 33.9 Å². The van der Waals surface area contributed by atoms with E-state index in [1.807, 2.05) is 31.2 Å². The number of fused-ring (bicyclic) bond motifs is 1. The number of imidazole rings is 1. The number of amides is 1. The first kappa shape index (κ1) is 24.1. The topological polar surface area (TPSA) is 84.6 Å². The highest BCUT2D eigenvalue weighted by Crippen LogP contribution is 2.22. The Balaban J connectivity index is 1.41. The fourth-order valence-corrected chi connectivity index (χ4v) is 5.76. The number of para-hydroxylation sites is 2. The lowest BCUT2D eigenvalue weighted by Crippen LogP contribution is -2.50. The molecule has 4 rings (SSSR count). The Morgan fingerprint density at radius 2 is 1.56 bits per heavy atom. The number of halogens is 2. The zero-order valence-corrected chi connectivity index (χ0v) is 19.6. The van der Waals surface area contributed by atoms with Crippen LogP contribution in [0.25, 0.3) is 11.0 Å². The molecule has 1 aliphatic rings. The van der Waals surface area contributed by atoms with Crippen LogP contribution in [0.2, 0.25) is 0 Å². The van der Waals surface area contributed by atoms with Crippen molar-refractivity contribution in [2.75, 3.05) is 26.2 Å². The Labute approximate surface area is 196 Å². The molecular formula is C23H26F2N4O4S. The van der Waals surface area contributed by atoms with E-state index in [2.05, 4.69) is 0 Å². The molecule has 1 amide bonds. The third kappa shape index (κ3) is 4.49. The van der Waals surface area contributed by atoms with Gasteiger partial charge in [0.05, 0.1) is 11.0 Å². The van der Waals surface area contributed by atoms with Crippen LogP contribution in [0, 0.1) is 11.6 Å². The Morgan fingerprint density at radius 3 is 2.15 bits per heavy atom. The number of aryl methyl sites for hydroxylation is 2. The first-order valence-corrected chi connectivity index (χ1v) is 12.6. The third-order valence-corrected chi connectivity index (χ3v) is 7.96. The van der Waals surface area contributed by atoms with Gasteiger partial charge < -0.3 is 4.90 Å². The molecule has 1 saturated heterocycles. The SMILES string of the molecule is CCCn1c(=O)n(CCC(=O)N2CCN(S(=O)(=O)c3ccc(F)cc3F)CC2)c2ccccc21. The zero-order chi connectivity index (χ0) is 24.5. The first-order valence-electron chi connectivity index (χ1n) is 11.1. The van der Waals surface area contributed by atoms with Crippen LogP contribution in [-0.2, 0) is 27.9 Å². The third-order valence-electron chi connectivity index (χ3n) is 6.02. The predicted molar refractivity (Wildman–Crippen MR) is 123 cm³/mol. The van der Waals surface area contributed by atoms with Gasteiger partial charge in [-0.3, -0.25) is 13.9 Å². The van der Waals surface area contributed by atoms with Crippen molar-refractivity contribution in [3.05, 3.63) is 64.6 Å². The number of carbonyl (C=O) groups excluding carboxylic acids is 1. The summed E-state index contributed by atoms with van der Waals surface area (Å²) < 4.78 is 57.1. The number of aromatic nitrogens is 2. The molecule has 0 aliphatic carbocycles. The van der Waals surface area contributed by atoms with Crippen molar-refractivity contribution in [3.63, 3.8) is 0 Å². The van der Waals surface area contributed by atoms with Gasteiger partial charge in [0.15, 0.2) is 0 Å². The lowest BCUT2D eigenvalue weighted by Gasteiger charge is -2.34. The molecule has 0 N–H and O–H groups in total. The summed E-state index contributed by atoms with van der Waals surface area (Å²) in [6.07, 6.45) is 0.904. The van der Waals surface area contributed by atoms with E-state index in [0.29, 0.717) is 12.6 Å². The van der Waals surface area contributed by atoms with E-state index in [4.69, 9.17) is 0 Å². The molecule has 11 heteroatoms. The highest BCUT2D eigenvalue weighted by molar-refractivity contribution is 7.89. The minimum atomic E-state index is -4.14. The van der Waals surface area contributed by atoms with Crippen LogP contribution in [-0.4, -0.2) is 58.8 Å². The van der Waals surface area contributed by atoms with Crippen LogP contribution in [0.1, 0.15) is 19.8 Å². The van der Waals surface area contributed by atoms with Gasteiger partial charge in [-0.2, -0.15) is 4.31 Å². The Hall–Kier alpha value is -3.05. The van der Waals surface area contributed by atoms with E-state index in [-0.39, 0.29) is 50.7 Å². The highest BCUT2D eigenvalue weighted by atomic mass is 32.2. The number of nitrogens with zero attached hydrogens (tertiary/aromatic N) is 4. The van der Waals surface area contributed by atoms with Crippen molar-refractivity contribution in [2.24, 2.45) is 0 Å². The number of sulfonamides is 1. The van der Waals surface area contributed by atoms with Crippen LogP contribution in [0.15, 0.2) is 52.2 Å². The average molecular weight is 493 g/mol. The summed E-state index contributed by atoms with van der Waals surface area (Å²) >= 11 is 0. The van der Waals surface area contributed by atoms with Crippen LogP contribution < -0.4 is 5.69 Å². The van der Waals surface area contributed by atoms with Crippen molar-refractivity contribution in [1.29, 1.82) is 0 Å². The Kier molecular flexibility index (Phi) is 6.85. The first-order chi connectivity index (χ1) is 16.2. The minimum absolute atomic E-state index is 0.000641. The number of piperazine rings is 1. The lowest BCUT2D eigenvalue weighted by atomic mass is 10.3. The van der Waals surface area contributed by atoms with Gasteiger partial charge in [0.2, 0.25) is 15.9 Å². The summed E-state index contributed by atoms with van der Waals surface area (Å²) in [6.45, 7) is 3.09. The Bertz CT molecular complexity index is 1380. The second-order valence-corrected chi connectivity index (χ2v) is 10.1. The van der Waals surface area contributed by atoms with Gasteiger partial charge in [0, 0.05) is 51.8 Å². The van der Waals surface area contributed by atoms with Gasteiger partial charge in [-0.1, -0.05) is 19.1 Å². The van der Waals surface area contributed by atoms with Crippen LogP contribution in [0.3, 0.4) is 0 Å². The van der Waals surface area contributed by atoms with Crippen LogP contribution in [0.5, 0.6) is 0 Å². The molecule has 2 aromatic carbocycles. The fourth-order valence-electron chi connectivity index (χ4n) is 4.30. The summed E-state index contributed by atoms with van der Waals surface area (Å²) in [5.41, 5.74) is 1.44. The molecule has 0 spiro atoms. The van der Waals surface area contributed by atoms with Gasteiger partial charge in [0.1, 0.15) is 16.5 Å². The molecule has 34 heavy (non-hydrogen) atoms. The predicted octanol–water partition coefficient (Wildman–Crippen LogP) is 2.41. The molecular weight excluding hydrogens is 466 g/mol. The maximum atomic E-state index is 14.0. The number of hydrogen-bond acceptors (Lipinski definition) is 4. The van der Waals surface area contributed by atoms with E-state index >= 15 is 0 Å². The maximum Gasteiger partial charge on any atom is 0.329 e. The van der Waals surface area contributed by atoms with Crippen molar-refractivity contribution in [2.45, 2.75) is 37.8 Å². The molecule has 0 saturated carbocycles. The van der Waals surface area contributed by atoms with Crippen LogP contribution >= 0.6 is 0 Å². The molecule has 1 fully saturated rings. The van der Waals surface area contributed by atoms with Crippen molar-refractivity contribution < 1.29 is 22.0 Å². The molecule has 2 heterocycles. The van der Waals surface area contributed by atoms with Crippen molar-refractivity contribution >= 4 is 27.0 Å². The molecule has 1 aromatic heterocycles. The molecule has 0 radical (unpaired) electrons. The van der Waals surface area contributed by atoms with E-state index in [1.165, 1.54) is 0 Å². The lowest BCUT2D eigenvalue weighted by molar-refractivity contribution is -0.132. The molecule has 1 aliphatic heterocycles. The number of benzene rings is 2. The average Bonchev–Trinajstić information content (AvgIpc) is 3.08. The second-order valence-electron chi connectivity index (χ2n) is 8.18.